The first kappa shape index (κ1) is 21.2. The van der Waals surface area contributed by atoms with Gasteiger partial charge in [0.05, 0.1) is 19.3 Å². The van der Waals surface area contributed by atoms with Crippen LogP contribution in [-0.4, -0.2) is 81.7 Å². The first-order valence-electron chi connectivity index (χ1n) is 9.62. The van der Waals surface area contributed by atoms with E-state index in [-0.39, 0.29) is 18.5 Å². The van der Waals surface area contributed by atoms with Crippen molar-refractivity contribution in [3.8, 4) is 0 Å². The Kier molecular flexibility index (Phi) is 8.54. The van der Waals surface area contributed by atoms with Crippen LogP contribution in [0.1, 0.15) is 24.1 Å². The van der Waals surface area contributed by atoms with Crippen molar-refractivity contribution in [2.75, 3.05) is 60.0 Å². The number of guanidine groups is 1. The SMILES string of the molecule is CCNC(=NCC(=O)N(C)C)NCC(c1cccc(C)c1)N1CCOCC1. The fourth-order valence-electron chi connectivity index (χ4n) is 3.05. The number of rotatable bonds is 7. The van der Waals surface area contributed by atoms with E-state index in [2.05, 4.69) is 51.7 Å². The van der Waals surface area contributed by atoms with Crippen LogP contribution in [0.25, 0.3) is 0 Å². The molecule has 1 atom stereocenters. The van der Waals surface area contributed by atoms with E-state index in [0.29, 0.717) is 12.5 Å². The molecule has 7 heteroatoms. The second-order valence-electron chi connectivity index (χ2n) is 6.94. The maximum Gasteiger partial charge on any atom is 0.243 e. The summed E-state index contributed by atoms with van der Waals surface area (Å²) < 4.78 is 5.52. The van der Waals surface area contributed by atoms with Crippen LogP contribution in [0, 0.1) is 6.92 Å². The minimum absolute atomic E-state index is 0.0179. The number of nitrogens with one attached hydrogen (secondary N) is 2. The predicted octanol–water partition coefficient (Wildman–Crippen LogP) is 1.01. The lowest BCUT2D eigenvalue weighted by Gasteiger charge is -2.35. The summed E-state index contributed by atoms with van der Waals surface area (Å²) in [5, 5.41) is 6.64. The Hall–Kier alpha value is -2.12. The van der Waals surface area contributed by atoms with E-state index in [1.165, 1.54) is 11.1 Å². The van der Waals surface area contributed by atoms with Gasteiger partial charge in [0.25, 0.3) is 0 Å². The summed E-state index contributed by atoms with van der Waals surface area (Å²) in [7, 11) is 3.48. The van der Waals surface area contributed by atoms with E-state index in [9.17, 15) is 4.79 Å². The number of ether oxygens (including phenoxy) is 1. The quantitative estimate of drug-likeness (QED) is 0.550. The summed E-state index contributed by atoms with van der Waals surface area (Å²) in [6, 6.07) is 8.86. The average molecular weight is 376 g/mol. The molecular weight excluding hydrogens is 342 g/mol. The standard InChI is InChI=1S/C20H33N5O2/c1-5-21-20(23-15-19(26)24(3)4)22-14-18(25-9-11-27-12-10-25)17-8-6-7-16(2)13-17/h6-8,13,18H,5,9-12,14-15H2,1-4H3,(H2,21,22,23). The largest absolute Gasteiger partial charge is 0.379 e. The molecule has 1 fully saturated rings. The van der Waals surface area contributed by atoms with E-state index < -0.39 is 0 Å². The summed E-state index contributed by atoms with van der Waals surface area (Å²) in [5.74, 6) is 0.647. The molecule has 27 heavy (non-hydrogen) atoms. The van der Waals surface area contributed by atoms with Crippen LogP contribution in [0.15, 0.2) is 29.3 Å². The zero-order valence-electron chi connectivity index (χ0n) is 17.0. The number of aliphatic imine (C=N–C) groups is 1. The predicted molar refractivity (Wildman–Crippen MR) is 109 cm³/mol. The molecule has 1 unspecified atom stereocenters. The summed E-state index contributed by atoms with van der Waals surface area (Å²) in [6.45, 7) is 9.06. The summed E-state index contributed by atoms with van der Waals surface area (Å²) >= 11 is 0. The number of likely N-dealkylation sites (N-methyl/N-ethyl adjacent to an activating group) is 1. The van der Waals surface area contributed by atoms with Crippen LogP contribution in [0.3, 0.4) is 0 Å². The Labute approximate surface area is 162 Å². The van der Waals surface area contributed by atoms with Gasteiger partial charge < -0.3 is 20.3 Å². The monoisotopic (exact) mass is 375 g/mol. The smallest absolute Gasteiger partial charge is 0.243 e. The molecule has 0 spiro atoms. The lowest BCUT2D eigenvalue weighted by molar-refractivity contribution is -0.127. The fraction of sp³-hybridized carbons (Fsp3) is 0.600. The van der Waals surface area contributed by atoms with Crippen LogP contribution in [0.5, 0.6) is 0 Å². The van der Waals surface area contributed by atoms with Crippen LogP contribution in [0.2, 0.25) is 0 Å². The molecule has 1 aromatic rings. The van der Waals surface area contributed by atoms with Crippen LogP contribution >= 0.6 is 0 Å². The number of nitrogens with zero attached hydrogens (tertiary/aromatic N) is 3. The second-order valence-corrected chi connectivity index (χ2v) is 6.94. The first-order chi connectivity index (χ1) is 13.0. The topological polar surface area (TPSA) is 69.2 Å². The van der Waals surface area contributed by atoms with Gasteiger partial charge in [-0.25, -0.2) is 4.99 Å². The van der Waals surface area contributed by atoms with E-state index in [1.807, 2.05) is 6.92 Å². The van der Waals surface area contributed by atoms with E-state index in [1.54, 1.807) is 19.0 Å². The fourth-order valence-corrected chi connectivity index (χ4v) is 3.05. The Morgan fingerprint density at radius 2 is 2.04 bits per heavy atom. The molecule has 0 radical (unpaired) electrons. The lowest BCUT2D eigenvalue weighted by Crippen LogP contribution is -2.46. The Morgan fingerprint density at radius 1 is 1.30 bits per heavy atom. The Morgan fingerprint density at radius 3 is 2.67 bits per heavy atom. The molecule has 0 bridgehead atoms. The highest BCUT2D eigenvalue weighted by atomic mass is 16.5. The zero-order valence-corrected chi connectivity index (χ0v) is 17.0. The third kappa shape index (κ3) is 6.84. The molecule has 1 heterocycles. The van der Waals surface area contributed by atoms with Gasteiger partial charge in [0.1, 0.15) is 6.54 Å². The highest BCUT2D eigenvalue weighted by Crippen LogP contribution is 2.22. The molecule has 0 aromatic heterocycles. The molecule has 1 aromatic carbocycles. The van der Waals surface area contributed by atoms with Gasteiger partial charge in [0, 0.05) is 40.3 Å². The average Bonchev–Trinajstić information content (AvgIpc) is 2.66. The van der Waals surface area contributed by atoms with E-state index in [4.69, 9.17) is 4.74 Å². The van der Waals surface area contributed by atoms with Crippen molar-refractivity contribution in [3.05, 3.63) is 35.4 Å². The number of carbonyl (C=O) groups excluding carboxylic acids is 1. The third-order valence-corrected chi connectivity index (χ3v) is 4.59. The first-order valence-corrected chi connectivity index (χ1v) is 9.62. The summed E-state index contributed by atoms with van der Waals surface area (Å²) in [4.78, 5) is 20.3. The van der Waals surface area contributed by atoms with Gasteiger partial charge in [-0.15, -0.1) is 0 Å². The maximum atomic E-state index is 11.8. The van der Waals surface area contributed by atoms with Crippen molar-refractivity contribution in [3.63, 3.8) is 0 Å². The van der Waals surface area contributed by atoms with Crippen LogP contribution in [0.4, 0.5) is 0 Å². The van der Waals surface area contributed by atoms with Crippen molar-refractivity contribution in [2.24, 2.45) is 4.99 Å². The van der Waals surface area contributed by atoms with Crippen molar-refractivity contribution in [1.29, 1.82) is 0 Å². The molecule has 1 aliphatic rings. The van der Waals surface area contributed by atoms with Gasteiger partial charge >= 0.3 is 0 Å². The molecule has 2 rings (SSSR count). The van der Waals surface area contributed by atoms with Crippen molar-refractivity contribution >= 4 is 11.9 Å². The number of benzene rings is 1. The normalized spacial score (nSPS) is 16.7. The lowest BCUT2D eigenvalue weighted by atomic mass is 10.0. The molecule has 0 saturated carbocycles. The van der Waals surface area contributed by atoms with Crippen molar-refractivity contribution in [1.82, 2.24) is 20.4 Å². The molecule has 7 nitrogen and oxygen atoms in total. The number of hydrogen-bond donors (Lipinski definition) is 2. The zero-order chi connectivity index (χ0) is 19.6. The van der Waals surface area contributed by atoms with Crippen LogP contribution < -0.4 is 10.6 Å². The van der Waals surface area contributed by atoms with Gasteiger partial charge in [0.15, 0.2) is 5.96 Å². The van der Waals surface area contributed by atoms with Gasteiger partial charge in [-0.05, 0) is 19.4 Å². The van der Waals surface area contributed by atoms with E-state index >= 15 is 0 Å². The number of morpholine rings is 1. The van der Waals surface area contributed by atoms with Gasteiger partial charge in [-0.2, -0.15) is 0 Å². The number of hydrogen-bond acceptors (Lipinski definition) is 4. The summed E-state index contributed by atoms with van der Waals surface area (Å²) in [6.07, 6.45) is 0. The molecule has 2 N–H and O–H groups in total. The van der Waals surface area contributed by atoms with Gasteiger partial charge in [-0.3, -0.25) is 9.69 Å². The minimum Gasteiger partial charge on any atom is -0.379 e. The second kappa shape index (κ2) is 10.9. The van der Waals surface area contributed by atoms with E-state index in [0.717, 1.165) is 32.8 Å². The van der Waals surface area contributed by atoms with Crippen molar-refractivity contribution < 1.29 is 9.53 Å². The van der Waals surface area contributed by atoms with Crippen LogP contribution in [-0.2, 0) is 9.53 Å². The van der Waals surface area contributed by atoms with Gasteiger partial charge in [0.2, 0.25) is 5.91 Å². The molecular formula is C20H33N5O2. The molecule has 1 amide bonds. The number of aryl methyl sites for hydroxylation is 1. The molecule has 0 aliphatic carbocycles. The van der Waals surface area contributed by atoms with Crippen molar-refractivity contribution in [2.45, 2.75) is 19.9 Å². The summed E-state index contributed by atoms with van der Waals surface area (Å²) in [5.41, 5.74) is 2.53. The molecule has 1 saturated heterocycles. The maximum absolute atomic E-state index is 11.8. The highest BCUT2D eigenvalue weighted by molar-refractivity contribution is 5.84. The van der Waals surface area contributed by atoms with Gasteiger partial charge in [-0.1, -0.05) is 29.8 Å². The molecule has 1 aliphatic heterocycles. The Bertz CT molecular complexity index is 627. The molecule has 150 valence electrons. The third-order valence-electron chi connectivity index (χ3n) is 4.59. The number of amides is 1. The highest BCUT2D eigenvalue weighted by Gasteiger charge is 2.23. The Balaban J connectivity index is 2.10. The minimum atomic E-state index is -0.0179. The number of carbonyl (C=O) groups is 1.